The van der Waals surface area contributed by atoms with Crippen molar-refractivity contribution in [3.05, 3.63) is 101 Å². The Morgan fingerprint density at radius 1 is 0.920 bits per heavy atom. The second kappa shape index (κ2) is 7.40. The Balaban J connectivity index is 1.70. The summed E-state index contributed by atoms with van der Waals surface area (Å²) in [5.41, 5.74) is 1.40. The lowest BCUT2D eigenvalue weighted by molar-refractivity contribution is -0.354. The van der Waals surface area contributed by atoms with Crippen LogP contribution in [0.15, 0.2) is 78.9 Å². The van der Waals surface area contributed by atoms with Crippen LogP contribution < -0.4 is 4.74 Å². The van der Waals surface area contributed by atoms with Gasteiger partial charge in [0.05, 0.1) is 5.56 Å². The number of halogens is 1. The van der Waals surface area contributed by atoms with Crippen molar-refractivity contribution in [2.24, 2.45) is 0 Å². The third kappa shape index (κ3) is 4.29. The Labute approximate surface area is 144 Å². The van der Waals surface area contributed by atoms with Gasteiger partial charge in [-0.3, -0.25) is 0 Å². The van der Waals surface area contributed by atoms with Crippen LogP contribution in [0.2, 0.25) is 0 Å². The molecule has 0 aliphatic heterocycles. The summed E-state index contributed by atoms with van der Waals surface area (Å²) in [7, 11) is 0. The molecule has 25 heavy (non-hydrogen) atoms. The third-order valence-corrected chi connectivity index (χ3v) is 3.45. The van der Waals surface area contributed by atoms with Gasteiger partial charge in [-0.15, -0.1) is 0 Å². The van der Waals surface area contributed by atoms with Gasteiger partial charge in [0.2, 0.25) is 5.69 Å². The zero-order valence-corrected chi connectivity index (χ0v) is 13.1. The average molecular weight is 335 g/mol. The molecular weight excluding hydrogens is 321 g/mol. The van der Waals surface area contributed by atoms with Crippen molar-refractivity contribution in [2.75, 3.05) is 0 Å². The molecule has 0 unspecified atom stereocenters. The maximum Gasteiger partial charge on any atom is 0.343 e. The summed E-state index contributed by atoms with van der Waals surface area (Å²) in [5.74, 6) is -0.471. The van der Waals surface area contributed by atoms with Gasteiger partial charge >= 0.3 is 5.97 Å². The number of carbonyl (C=O) groups is 1. The topological polar surface area (TPSA) is 52.4 Å². The molecule has 0 spiro atoms. The van der Waals surface area contributed by atoms with Gasteiger partial charge in [-0.1, -0.05) is 18.2 Å². The van der Waals surface area contributed by atoms with Crippen LogP contribution in [0.5, 0.6) is 5.75 Å². The fourth-order valence-corrected chi connectivity index (χ4v) is 2.16. The minimum absolute atomic E-state index is 0.320. The maximum absolute atomic E-state index is 12.9. The first-order valence-corrected chi connectivity index (χ1v) is 7.56. The lowest BCUT2D eigenvalue weighted by Crippen LogP contribution is -2.08. The lowest BCUT2D eigenvalue weighted by Gasteiger charge is -2.05. The first kappa shape index (κ1) is 16.4. The Morgan fingerprint density at radius 2 is 1.56 bits per heavy atom. The molecule has 0 atom stereocenters. The van der Waals surface area contributed by atoms with Gasteiger partial charge in [0.15, 0.2) is 6.21 Å². The molecule has 0 heterocycles. The van der Waals surface area contributed by atoms with Crippen molar-refractivity contribution in [2.45, 2.75) is 0 Å². The molecule has 0 bridgehead atoms. The molecule has 3 aromatic carbocycles. The molecule has 0 radical (unpaired) electrons. The van der Waals surface area contributed by atoms with E-state index < -0.39 is 11.8 Å². The molecule has 124 valence electrons. The summed E-state index contributed by atoms with van der Waals surface area (Å²) in [6, 6.07) is 20.4. The smallest absolute Gasteiger partial charge is 0.343 e. The van der Waals surface area contributed by atoms with E-state index in [1.165, 1.54) is 30.5 Å². The van der Waals surface area contributed by atoms with E-state index in [1.54, 1.807) is 48.5 Å². The third-order valence-electron chi connectivity index (χ3n) is 3.45. The number of hydrogen-bond acceptors (Lipinski definition) is 3. The monoisotopic (exact) mass is 335 g/mol. The highest BCUT2D eigenvalue weighted by Gasteiger charge is 2.08. The molecular formula is C20H14FNO3. The van der Waals surface area contributed by atoms with E-state index in [4.69, 9.17) is 4.74 Å². The molecule has 4 nitrogen and oxygen atoms in total. The number of esters is 1. The van der Waals surface area contributed by atoms with Crippen LogP contribution in [-0.2, 0) is 0 Å². The standard InChI is InChI=1S/C20H14FNO3/c21-17-8-10-18(11-9-17)22(24)14-15-6-12-19(13-7-15)25-20(23)16-4-2-1-3-5-16/h1-14H. The first-order valence-electron chi connectivity index (χ1n) is 7.56. The largest absolute Gasteiger partial charge is 0.618 e. The quantitative estimate of drug-likeness (QED) is 0.178. The highest BCUT2D eigenvalue weighted by atomic mass is 19.1. The Hall–Kier alpha value is -3.47. The molecule has 0 saturated heterocycles. The summed E-state index contributed by atoms with van der Waals surface area (Å²) in [6.07, 6.45) is 1.36. The van der Waals surface area contributed by atoms with Crippen LogP contribution in [0.4, 0.5) is 10.1 Å². The van der Waals surface area contributed by atoms with Gasteiger partial charge in [0.1, 0.15) is 11.6 Å². The number of benzene rings is 3. The molecule has 0 N–H and O–H groups in total. The van der Waals surface area contributed by atoms with Crippen LogP contribution in [0.3, 0.4) is 0 Å². The molecule has 5 heteroatoms. The van der Waals surface area contributed by atoms with Crippen molar-refractivity contribution in [1.82, 2.24) is 0 Å². The zero-order valence-electron chi connectivity index (χ0n) is 13.1. The highest BCUT2D eigenvalue weighted by Crippen LogP contribution is 2.15. The molecule has 0 saturated carbocycles. The van der Waals surface area contributed by atoms with Crippen LogP contribution in [-0.4, -0.2) is 16.9 Å². The fourth-order valence-electron chi connectivity index (χ4n) is 2.16. The summed E-state index contributed by atoms with van der Waals surface area (Å²) in [4.78, 5) is 12.0. The van der Waals surface area contributed by atoms with Crippen molar-refractivity contribution in [3.8, 4) is 5.75 Å². The van der Waals surface area contributed by atoms with E-state index in [-0.39, 0.29) is 0 Å². The highest BCUT2D eigenvalue weighted by molar-refractivity contribution is 5.91. The van der Waals surface area contributed by atoms with Gasteiger partial charge in [-0.05, 0) is 48.5 Å². The predicted octanol–water partition coefficient (Wildman–Crippen LogP) is 4.31. The predicted molar refractivity (Wildman–Crippen MR) is 92.7 cm³/mol. The Kier molecular flexibility index (Phi) is 4.85. The summed E-state index contributed by atoms with van der Waals surface area (Å²) >= 11 is 0. The van der Waals surface area contributed by atoms with E-state index in [2.05, 4.69) is 0 Å². The van der Waals surface area contributed by atoms with Crippen molar-refractivity contribution < 1.29 is 18.7 Å². The van der Waals surface area contributed by atoms with Crippen molar-refractivity contribution in [3.63, 3.8) is 0 Å². The molecule has 0 aliphatic carbocycles. The van der Waals surface area contributed by atoms with E-state index >= 15 is 0 Å². The van der Waals surface area contributed by atoms with E-state index in [0.717, 1.165) is 0 Å². The van der Waals surface area contributed by atoms with E-state index in [9.17, 15) is 14.4 Å². The van der Waals surface area contributed by atoms with Crippen molar-refractivity contribution in [1.29, 1.82) is 0 Å². The van der Waals surface area contributed by atoms with Crippen LogP contribution in [0.1, 0.15) is 15.9 Å². The minimum Gasteiger partial charge on any atom is -0.618 e. The van der Waals surface area contributed by atoms with E-state index in [1.807, 2.05) is 6.07 Å². The lowest BCUT2D eigenvalue weighted by atomic mass is 10.2. The van der Waals surface area contributed by atoms with Crippen molar-refractivity contribution >= 4 is 17.9 Å². The number of hydrogen-bond donors (Lipinski definition) is 0. The van der Waals surface area contributed by atoms with Crippen LogP contribution in [0.25, 0.3) is 0 Å². The minimum atomic E-state index is -0.450. The Bertz CT molecular complexity index is 888. The molecule has 3 rings (SSSR count). The summed E-state index contributed by atoms with van der Waals surface area (Å²) in [5, 5.41) is 12.0. The molecule has 0 fully saturated rings. The van der Waals surface area contributed by atoms with Gasteiger partial charge in [0, 0.05) is 17.7 Å². The van der Waals surface area contributed by atoms with Gasteiger partial charge < -0.3 is 9.94 Å². The first-order chi connectivity index (χ1) is 12.1. The zero-order chi connectivity index (χ0) is 17.6. The Morgan fingerprint density at radius 3 is 2.20 bits per heavy atom. The normalized spacial score (nSPS) is 11.2. The summed E-state index contributed by atoms with van der Waals surface area (Å²) in [6.45, 7) is 0. The molecule has 0 aromatic heterocycles. The second-order valence-electron chi connectivity index (χ2n) is 5.26. The number of ether oxygens (including phenoxy) is 1. The van der Waals surface area contributed by atoms with Gasteiger partial charge in [-0.2, -0.15) is 4.74 Å². The second-order valence-corrected chi connectivity index (χ2v) is 5.26. The van der Waals surface area contributed by atoms with E-state index in [0.29, 0.717) is 27.3 Å². The van der Waals surface area contributed by atoms with Crippen LogP contribution in [0, 0.1) is 11.0 Å². The molecule has 0 amide bonds. The van der Waals surface area contributed by atoms with Crippen LogP contribution >= 0.6 is 0 Å². The molecule has 3 aromatic rings. The summed E-state index contributed by atoms with van der Waals surface area (Å²) < 4.78 is 18.8. The maximum atomic E-state index is 12.9. The fraction of sp³-hybridized carbons (Fsp3) is 0. The number of nitrogens with zero attached hydrogens (tertiary/aromatic N) is 1. The average Bonchev–Trinajstić information content (AvgIpc) is 2.64. The number of rotatable bonds is 4. The SMILES string of the molecule is O=C(Oc1ccc(C=[N+]([O-])c2ccc(F)cc2)cc1)c1ccccc1. The molecule has 0 aliphatic rings. The number of carbonyl (C=O) groups excluding carboxylic acids is 1. The van der Waals surface area contributed by atoms with Gasteiger partial charge in [0.25, 0.3) is 0 Å². The van der Waals surface area contributed by atoms with Gasteiger partial charge in [-0.25, -0.2) is 9.18 Å².